The van der Waals surface area contributed by atoms with Crippen LogP contribution in [0.4, 0.5) is 8.78 Å². The lowest BCUT2D eigenvalue weighted by Gasteiger charge is -2.41. The van der Waals surface area contributed by atoms with E-state index in [0.717, 1.165) is 31.8 Å². The average molecular weight is 270 g/mol. The van der Waals surface area contributed by atoms with E-state index in [0.29, 0.717) is 0 Å². The molecule has 2 atom stereocenters. The molecule has 2 unspecified atom stereocenters. The Morgan fingerprint density at radius 1 is 1.32 bits per heavy atom. The van der Waals surface area contributed by atoms with Crippen LogP contribution in [-0.4, -0.2) is 49.6 Å². The molecule has 0 spiro atoms. The molecule has 0 bridgehead atoms. The largest absolute Gasteiger partial charge is 0.303 e. The molecule has 1 aromatic rings. The summed E-state index contributed by atoms with van der Waals surface area (Å²) in [6.07, 6.45) is 0. The third kappa shape index (κ3) is 3.09. The monoisotopic (exact) mass is 270 g/mol. The van der Waals surface area contributed by atoms with Gasteiger partial charge in [-0.3, -0.25) is 16.2 Å². The highest BCUT2D eigenvalue weighted by molar-refractivity contribution is 5.24. The molecule has 0 amide bonds. The van der Waals surface area contributed by atoms with Gasteiger partial charge < -0.3 is 4.90 Å². The third-order valence-electron chi connectivity index (χ3n) is 3.76. The summed E-state index contributed by atoms with van der Waals surface area (Å²) in [5.74, 6) is 4.68. The highest BCUT2D eigenvalue weighted by Crippen LogP contribution is 2.25. The van der Waals surface area contributed by atoms with Crippen LogP contribution in [-0.2, 0) is 0 Å². The normalized spacial score (nSPS) is 23.5. The van der Waals surface area contributed by atoms with Gasteiger partial charge >= 0.3 is 0 Å². The molecule has 19 heavy (non-hydrogen) atoms. The van der Waals surface area contributed by atoms with Crippen molar-refractivity contribution in [1.82, 2.24) is 15.2 Å². The molecule has 0 aromatic heterocycles. The predicted molar refractivity (Wildman–Crippen MR) is 70.3 cm³/mol. The molecule has 1 saturated heterocycles. The lowest BCUT2D eigenvalue weighted by atomic mass is 9.96. The number of rotatable bonds is 3. The van der Waals surface area contributed by atoms with Crippen LogP contribution in [0.15, 0.2) is 18.2 Å². The van der Waals surface area contributed by atoms with E-state index < -0.39 is 17.7 Å². The predicted octanol–water partition coefficient (Wildman–Crippen LogP) is 0.715. The van der Waals surface area contributed by atoms with E-state index in [1.165, 1.54) is 6.07 Å². The lowest BCUT2D eigenvalue weighted by Crippen LogP contribution is -2.56. The summed E-state index contributed by atoms with van der Waals surface area (Å²) in [5.41, 5.74) is 2.90. The topological polar surface area (TPSA) is 44.5 Å². The molecule has 0 saturated carbocycles. The Hall–Kier alpha value is -1.08. The molecule has 1 heterocycles. The molecule has 0 radical (unpaired) electrons. The summed E-state index contributed by atoms with van der Waals surface area (Å²) in [5, 5.41) is 0. The van der Waals surface area contributed by atoms with Gasteiger partial charge in [-0.05, 0) is 32.3 Å². The number of piperazine rings is 1. The van der Waals surface area contributed by atoms with Gasteiger partial charge in [-0.25, -0.2) is 8.78 Å². The first kappa shape index (κ1) is 14.3. The summed E-state index contributed by atoms with van der Waals surface area (Å²) in [4.78, 5) is 4.28. The summed E-state index contributed by atoms with van der Waals surface area (Å²) < 4.78 is 27.2. The minimum Gasteiger partial charge on any atom is -0.303 e. The standard InChI is InChI=1S/C13H20F2N4/c1-18-5-6-19(2)12(8-18)13(17-16)10-7-9(14)3-4-11(10)15/h3-4,7,12-13,17H,5-6,8,16H2,1-2H3. The Labute approximate surface area is 112 Å². The van der Waals surface area contributed by atoms with Gasteiger partial charge in [0, 0.05) is 31.2 Å². The Morgan fingerprint density at radius 3 is 2.74 bits per heavy atom. The van der Waals surface area contributed by atoms with Gasteiger partial charge in [0.25, 0.3) is 0 Å². The van der Waals surface area contributed by atoms with Crippen LogP contribution in [0.5, 0.6) is 0 Å². The quantitative estimate of drug-likeness (QED) is 0.627. The van der Waals surface area contributed by atoms with E-state index in [1.807, 2.05) is 14.1 Å². The molecule has 0 aliphatic carbocycles. The first-order chi connectivity index (χ1) is 9.02. The van der Waals surface area contributed by atoms with Crippen LogP contribution in [0.2, 0.25) is 0 Å². The van der Waals surface area contributed by atoms with E-state index >= 15 is 0 Å². The van der Waals surface area contributed by atoms with Gasteiger partial charge in [0.15, 0.2) is 0 Å². The molecule has 6 heteroatoms. The minimum atomic E-state index is -0.455. The zero-order valence-corrected chi connectivity index (χ0v) is 11.2. The van der Waals surface area contributed by atoms with Crippen LogP contribution >= 0.6 is 0 Å². The number of nitrogens with zero attached hydrogens (tertiary/aromatic N) is 2. The van der Waals surface area contributed by atoms with E-state index in [1.54, 1.807) is 0 Å². The van der Waals surface area contributed by atoms with Crippen molar-refractivity contribution in [1.29, 1.82) is 0 Å². The number of hydrazine groups is 1. The van der Waals surface area contributed by atoms with Gasteiger partial charge in [-0.2, -0.15) is 0 Å². The van der Waals surface area contributed by atoms with Crippen LogP contribution in [0.25, 0.3) is 0 Å². The summed E-state index contributed by atoms with van der Waals surface area (Å²) in [6, 6.07) is 3.02. The molecule has 4 nitrogen and oxygen atoms in total. The maximum atomic E-state index is 13.9. The summed E-state index contributed by atoms with van der Waals surface area (Å²) >= 11 is 0. The Kier molecular flexibility index (Phi) is 4.46. The van der Waals surface area contributed by atoms with Crippen molar-refractivity contribution in [3.63, 3.8) is 0 Å². The molecule has 1 fully saturated rings. The van der Waals surface area contributed by atoms with Crippen molar-refractivity contribution in [2.75, 3.05) is 33.7 Å². The van der Waals surface area contributed by atoms with Crippen LogP contribution in [0.3, 0.4) is 0 Å². The first-order valence-electron chi connectivity index (χ1n) is 6.32. The van der Waals surface area contributed by atoms with Gasteiger partial charge in [0.2, 0.25) is 0 Å². The zero-order chi connectivity index (χ0) is 14.0. The molecule has 1 aliphatic rings. The van der Waals surface area contributed by atoms with Gasteiger partial charge in [0.1, 0.15) is 11.6 Å². The molecule has 2 rings (SSSR count). The zero-order valence-electron chi connectivity index (χ0n) is 11.2. The summed E-state index contributed by atoms with van der Waals surface area (Å²) in [6.45, 7) is 2.58. The molecule has 1 aliphatic heterocycles. The number of hydrogen-bond acceptors (Lipinski definition) is 4. The third-order valence-corrected chi connectivity index (χ3v) is 3.76. The second kappa shape index (κ2) is 5.92. The van der Waals surface area contributed by atoms with Gasteiger partial charge in [0.05, 0.1) is 6.04 Å². The maximum absolute atomic E-state index is 13.9. The van der Waals surface area contributed by atoms with Gasteiger partial charge in [-0.15, -0.1) is 0 Å². The van der Waals surface area contributed by atoms with Crippen LogP contribution in [0, 0.1) is 11.6 Å². The van der Waals surface area contributed by atoms with Crippen molar-refractivity contribution in [3.8, 4) is 0 Å². The van der Waals surface area contributed by atoms with Gasteiger partial charge in [-0.1, -0.05) is 0 Å². The minimum absolute atomic E-state index is 0.0000463. The fourth-order valence-corrected chi connectivity index (χ4v) is 2.57. The number of nitrogens with one attached hydrogen (secondary N) is 1. The maximum Gasteiger partial charge on any atom is 0.128 e. The fraction of sp³-hybridized carbons (Fsp3) is 0.538. The number of nitrogens with two attached hydrogens (primary N) is 1. The highest BCUT2D eigenvalue weighted by atomic mass is 19.1. The molecule has 3 N–H and O–H groups in total. The second-order valence-corrected chi connectivity index (χ2v) is 5.12. The smallest absolute Gasteiger partial charge is 0.128 e. The number of halogens is 2. The van der Waals surface area contributed by atoms with E-state index in [4.69, 9.17) is 5.84 Å². The van der Waals surface area contributed by atoms with Crippen molar-refractivity contribution >= 4 is 0 Å². The van der Waals surface area contributed by atoms with Crippen molar-refractivity contribution < 1.29 is 8.78 Å². The number of benzene rings is 1. The Balaban J connectivity index is 2.30. The fourth-order valence-electron chi connectivity index (χ4n) is 2.57. The van der Waals surface area contributed by atoms with Crippen molar-refractivity contribution in [2.45, 2.75) is 12.1 Å². The van der Waals surface area contributed by atoms with E-state index in [-0.39, 0.29) is 11.6 Å². The second-order valence-electron chi connectivity index (χ2n) is 5.12. The van der Waals surface area contributed by atoms with Crippen LogP contribution < -0.4 is 11.3 Å². The SMILES string of the molecule is CN1CCN(C)C(C(NN)c2cc(F)ccc2F)C1. The summed E-state index contributed by atoms with van der Waals surface area (Å²) in [7, 11) is 3.98. The average Bonchev–Trinajstić information content (AvgIpc) is 2.38. The Bertz CT molecular complexity index is 441. The molecule has 106 valence electrons. The highest BCUT2D eigenvalue weighted by Gasteiger charge is 2.31. The van der Waals surface area contributed by atoms with E-state index in [9.17, 15) is 8.78 Å². The lowest BCUT2D eigenvalue weighted by molar-refractivity contribution is 0.0866. The van der Waals surface area contributed by atoms with Crippen molar-refractivity contribution in [2.24, 2.45) is 5.84 Å². The molecule has 1 aromatic carbocycles. The van der Waals surface area contributed by atoms with E-state index in [2.05, 4.69) is 15.2 Å². The molecular formula is C13H20F2N4. The number of hydrogen-bond donors (Lipinski definition) is 2. The van der Waals surface area contributed by atoms with Crippen molar-refractivity contribution in [3.05, 3.63) is 35.4 Å². The first-order valence-corrected chi connectivity index (χ1v) is 6.32. The Morgan fingerprint density at radius 2 is 2.05 bits per heavy atom. The van der Waals surface area contributed by atoms with Crippen LogP contribution in [0.1, 0.15) is 11.6 Å². The number of likely N-dealkylation sites (N-methyl/N-ethyl adjacent to an activating group) is 2. The molecular weight excluding hydrogens is 250 g/mol.